The molecule has 0 unspecified atom stereocenters. The van der Waals surface area contributed by atoms with E-state index in [9.17, 15) is 4.79 Å². The van der Waals surface area contributed by atoms with Crippen LogP contribution in [0.25, 0.3) is 11.1 Å². The number of hydrogen-bond acceptors (Lipinski definition) is 3. The molecule has 3 rings (SSSR count). The minimum absolute atomic E-state index is 0.170. The smallest absolute Gasteiger partial charge is 0.265 e. The Labute approximate surface area is 159 Å². The van der Waals surface area contributed by atoms with Crippen LogP contribution in [0.3, 0.4) is 0 Å². The second-order valence-electron chi connectivity index (χ2n) is 6.09. The van der Waals surface area contributed by atoms with E-state index >= 15 is 0 Å². The Morgan fingerprint density at radius 2 is 1.52 bits per heavy atom. The molecule has 1 atom stereocenters. The predicted octanol–water partition coefficient (Wildman–Crippen LogP) is 5.16. The number of para-hydroxylation sites is 1. The van der Waals surface area contributed by atoms with Gasteiger partial charge in [-0.25, -0.2) is 0 Å². The Kier molecular flexibility index (Phi) is 6.10. The summed E-state index contributed by atoms with van der Waals surface area (Å²) in [5, 5.41) is 3.01. The number of rotatable bonds is 7. The van der Waals surface area contributed by atoms with Crippen molar-refractivity contribution < 1.29 is 14.3 Å². The van der Waals surface area contributed by atoms with Crippen molar-refractivity contribution in [3.05, 3.63) is 78.9 Å². The van der Waals surface area contributed by atoms with E-state index in [0.717, 1.165) is 22.6 Å². The van der Waals surface area contributed by atoms with Gasteiger partial charge in [0.15, 0.2) is 6.10 Å². The van der Waals surface area contributed by atoms with Gasteiger partial charge in [0.25, 0.3) is 5.91 Å². The van der Waals surface area contributed by atoms with Gasteiger partial charge in [0.1, 0.15) is 11.5 Å². The molecule has 3 aromatic rings. The van der Waals surface area contributed by atoms with Gasteiger partial charge in [0.05, 0.1) is 7.11 Å². The van der Waals surface area contributed by atoms with Gasteiger partial charge in [-0.1, -0.05) is 55.5 Å². The maximum atomic E-state index is 12.8. The molecule has 0 fully saturated rings. The minimum atomic E-state index is -0.581. The summed E-state index contributed by atoms with van der Waals surface area (Å²) in [6.07, 6.45) is -0.0204. The molecular weight excluding hydrogens is 338 g/mol. The van der Waals surface area contributed by atoms with Gasteiger partial charge < -0.3 is 14.8 Å². The first-order chi connectivity index (χ1) is 13.2. The van der Waals surface area contributed by atoms with Gasteiger partial charge in [0.2, 0.25) is 0 Å². The molecule has 3 aromatic carbocycles. The summed E-state index contributed by atoms with van der Waals surface area (Å²) in [6, 6.07) is 25.0. The zero-order chi connectivity index (χ0) is 19.1. The molecule has 4 nitrogen and oxygen atoms in total. The van der Waals surface area contributed by atoms with Crippen LogP contribution >= 0.6 is 0 Å². The highest BCUT2D eigenvalue weighted by Gasteiger charge is 2.19. The number of hydrogen-bond donors (Lipinski definition) is 1. The summed E-state index contributed by atoms with van der Waals surface area (Å²) >= 11 is 0. The highest BCUT2D eigenvalue weighted by Crippen LogP contribution is 2.28. The number of methoxy groups -OCH3 is 1. The molecule has 138 valence electrons. The molecule has 1 N–H and O–H groups in total. The van der Waals surface area contributed by atoms with Crippen molar-refractivity contribution in [2.24, 2.45) is 0 Å². The number of carbonyl (C=O) groups is 1. The Bertz CT molecular complexity index is 876. The van der Waals surface area contributed by atoms with Crippen LogP contribution < -0.4 is 14.8 Å². The zero-order valence-corrected chi connectivity index (χ0v) is 15.5. The lowest BCUT2D eigenvalue weighted by Crippen LogP contribution is -2.32. The fourth-order valence-corrected chi connectivity index (χ4v) is 2.82. The van der Waals surface area contributed by atoms with Crippen LogP contribution in [0.1, 0.15) is 13.3 Å². The van der Waals surface area contributed by atoms with Crippen LogP contribution in [0.2, 0.25) is 0 Å². The fraction of sp³-hybridized carbons (Fsp3) is 0.174. The standard InChI is InChI=1S/C23H23NO3/c1-3-22(27-19-15-13-18(26-2)14-16-19)23(25)24-21-12-8-7-11-20(21)17-9-5-4-6-10-17/h4-16,22H,3H2,1-2H3,(H,24,25)/t22-/m1/s1. The monoisotopic (exact) mass is 361 g/mol. The van der Waals surface area contributed by atoms with Crippen molar-refractivity contribution in [2.45, 2.75) is 19.4 Å². The van der Waals surface area contributed by atoms with Crippen LogP contribution in [0, 0.1) is 0 Å². The summed E-state index contributed by atoms with van der Waals surface area (Å²) in [7, 11) is 1.61. The van der Waals surface area contributed by atoms with E-state index in [2.05, 4.69) is 5.32 Å². The SMILES string of the molecule is CC[C@@H](Oc1ccc(OC)cc1)C(=O)Nc1ccccc1-c1ccccc1. The van der Waals surface area contributed by atoms with E-state index in [1.807, 2.05) is 73.7 Å². The van der Waals surface area contributed by atoms with E-state index in [-0.39, 0.29) is 5.91 Å². The van der Waals surface area contributed by atoms with Gasteiger partial charge in [-0.15, -0.1) is 0 Å². The Hall–Kier alpha value is -3.27. The number of nitrogens with one attached hydrogen (secondary N) is 1. The van der Waals surface area contributed by atoms with E-state index in [1.165, 1.54) is 0 Å². The third kappa shape index (κ3) is 4.67. The summed E-state index contributed by atoms with van der Waals surface area (Å²) in [4.78, 5) is 12.8. The molecule has 0 aliphatic rings. The first-order valence-corrected chi connectivity index (χ1v) is 8.97. The number of ether oxygens (including phenoxy) is 2. The van der Waals surface area contributed by atoms with Gasteiger partial charge in [0, 0.05) is 11.3 Å². The normalized spacial score (nSPS) is 11.5. The van der Waals surface area contributed by atoms with Crippen molar-refractivity contribution in [3.8, 4) is 22.6 Å². The first kappa shape index (κ1) is 18.5. The number of carbonyl (C=O) groups excluding carboxylic acids is 1. The van der Waals surface area contributed by atoms with Crippen LogP contribution in [0.5, 0.6) is 11.5 Å². The largest absolute Gasteiger partial charge is 0.497 e. The van der Waals surface area contributed by atoms with Crippen LogP contribution in [-0.2, 0) is 4.79 Å². The van der Waals surface area contributed by atoms with Gasteiger partial charge in [-0.2, -0.15) is 0 Å². The molecule has 0 aromatic heterocycles. The lowest BCUT2D eigenvalue weighted by atomic mass is 10.0. The highest BCUT2D eigenvalue weighted by atomic mass is 16.5. The van der Waals surface area contributed by atoms with E-state index in [0.29, 0.717) is 12.2 Å². The van der Waals surface area contributed by atoms with Crippen molar-refractivity contribution in [3.63, 3.8) is 0 Å². The molecule has 0 saturated carbocycles. The summed E-state index contributed by atoms with van der Waals surface area (Å²) in [5.74, 6) is 1.21. The molecule has 0 spiro atoms. The molecule has 0 heterocycles. The second kappa shape index (κ2) is 8.90. The maximum Gasteiger partial charge on any atom is 0.265 e. The summed E-state index contributed by atoms with van der Waals surface area (Å²) < 4.78 is 11.0. The van der Waals surface area contributed by atoms with E-state index in [1.54, 1.807) is 19.2 Å². The molecule has 0 bridgehead atoms. The van der Waals surface area contributed by atoms with E-state index < -0.39 is 6.10 Å². The lowest BCUT2D eigenvalue weighted by molar-refractivity contribution is -0.122. The molecule has 0 saturated heterocycles. The third-order valence-electron chi connectivity index (χ3n) is 4.27. The Morgan fingerprint density at radius 3 is 2.19 bits per heavy atom. The number of amides is 1. The van der Waals surface area contributed by atoms with Crippen LogP contribution in [-0.4, -0.2) is 19.1 Å². The average Bonchev–Trinajstić information content (AvgIpc) is 2.73. The van der Waals surface area contributed by atoms with E-state index in [4.69, 9.17) is 9.47 Å². The van der Waals surface area contributed by atoms with Crippen molar-refractivity contribution in [1.82, 2.24) is 0 Å². The maximum absolute atomic E-state index is 12.8. The van der Waals surface area contributed by atoms with Crippen LogP contribution in [0.4, 0.5) is 5.69 Å². The van der Waals surface area contributed by atoms with Gasteiger partial charge in [-0.3, -0.25) is 4.79 Å². The Balaban J connectivity index is 1.75. The molecule has 4 heteroatoms. The molecule has 0 aliphatic heterocycles. The second-order valence-corrected chi connectivity index (χ2v) is 6.09. The molecule has 27 heavy (non-hydrogen) atoms. The lowest BCUT2D eigenvalue weighted by Gasteiger charge is -2.19. The topological polar surface area (TPSA) is 47.6 Å². The van der Waals surface area contributed by atoms with Gasteiger partial charge >= 0.3 is 0 Å². The number of anilines is 1. The summed E-state index contributed by atoms with van der Waals surface area (Å²) in [5.41, 5.74) is 2.80. The Morgan fingerprint density at radius 1 is 0.889 bits per heavy atom. The average molecular weight is 361 g/mol. The fourth-order valence-electron chi connectivity index (χ4n) is 2.82. The number of benzene rings is 3. The molecule has 0 radical (unpaired) electrons. The zero-order valence-electron chi connectivity index (χ0n) is 15.5. The molecule has 1 amide bonds. The van der Waals surface area contributed by atoms with Crippen molar-refractivity contribution >= 4 is 11.6 Å². The minimum Gasteiger partial charge on any atom is -0.497 e. The first-order valence-electron chi connectivity index (χ1n) is 8.97. The van der Waals surface area contributed by atoms with Gasteiger partial charge in [-0.05, 0) is 42.3 Å². The predicted molar refractivity (Wildman–Crippen MR) is 108 cm³/mol. The van der Waals surface area contributed by atoms with Crippen molar-refractivity contribution in [2.75, 3.05) is 12.4 Å². The quantitative estimate of drug-likeness (QED) is 0.632. The molecule has 0 aliphatic carbocycles. The highest BCUT2D eigenvalue weighted by molar-refractivity contribution is 5.98. The third-order valence-corrected chi connectivity index (χ3v) is 4.27. The van der Waals surface area contributed by atoms with Crippen molar-refractivity contribution in [1.29, 1.82) is 0 Å². The molecular formula is C23H23NO3. The van der Waals surface area contributed by atoms with Crippen LogP contribution in [0.15, 0.2) is 78.9 Å². The summed E-state index contributed by atoms with van der Waals surface area (Å²) in [6.45, 7) is 1.93.